The number of hydrogen-bond donors (Lipinski definition) is 0. The van der Waals surface area contributed by atoms with Gasteiger partial charge in [-0.15, -0.1) is 0 Å². The standard InChI is InChI=1S/C9H14O2/c1-7(10)5-9-3-4-11-8(2)6-9/h5,8H,3-4,6H2,1-2H3. The highest BCUT2D eigenvalue weighted by Gasteiger charge is 2.12. The van der Waals surface area contributed by atoms with Crippen molar-refractivity contribution >= 4 is 5.78 Å². The van der Waals surface area contributed by atoms with Gasteiger partial charge in [0.15, 0.2) is 5.78 Å². The summed E-state index contributed by atoms with van der Waals surface area (Å²) in [6, 6.07) is 0. The van der Waals surface area contributed by atoms with E-state index in [1.54, 1.807) is 13.0 Å². The first-order valence-corrected chi connectivity index (χ1v) is 4.00. The summed E-state index contributed by atoms with van der Waals surface area (Å²) in [5.41, 5.74) is 1.23. The Morgan fingerprint density at radius 1 is 1.73 bits per heavy atom. The lowest BCUT2D eigenvalue weighted by Gasteiger charge is -2.21. The van der Waals surface area contributed by atoms with E-state index in [1.807, 2.05) is 6.92 Å². The van der Waals surface area contributed by atoms with Crippen LogP contribution in [0.25, 0.3) is 0 Å². The van der Waals surface area contributed by atoms with E-state index in [1.165, 1.54) is 5.57 Å². The molecule has 0 amide bonds. The molecule has 1 aliphatic heterocycles. The highest BCUT2D eigenvalue weighted by Crippen LogP contribution is 2.18. The Bertz CT molecular complexity index is 182. The molecule has 0 aromatic heterocycles. The van der Waals surface area contributed by atoms with Gasteiger partial charge in [-0.3, -0.25) is 4.79 Å². The molecule has 1 unspecified atom stereocenters. The second kappa shape index (κ2) is 3.67. The molecule has 0 aromatic rings. The zero-order valence-electron chi connectivity index (χ0n) is 7.09. The quantitative estimate of drug-likeness (QED) is 0.537. The fourth-order valence-corrected chi connectivity index (χ4v) is 1.34. The topological polar surface area (TPSA) is 26.3 Å². The first-order valence-electron chi connectivity index (χ1n) is 4.00. The van der Waals surface area contributed by atoms with E-state index in [2.05, 4.69) is 0 Å². The number of ether oxygens (including phenoxy) is 1. The Hall–Kier alpha value is -0.630. The molecule has 0 N–H and O–H groups in total. The predicted octanol–water partition coefficient (Wildman–Crippen LogP) is 1.70. The van der Waals surface area contributed by atoms with Gasteiger partial charge in [0.2, 0.25) is 0 Å². The van der Waals surface area contributed by atoms with Gasteiger partial charge in [-0.25, -0.2) is 0 Å². The van der Waals surface area contributed by atoms with Gasteiger partial charge in [-0.1, -0.05) is 5.57 Å². The Morgan fingerprint density at radius 3 is 3.00 bits per heavy atom. The minimum absolute atomic E-state index is 0.147. The number of rotatable bonds is 1. The van der Waals surface area contributed by atoms with Crippen molar-refractivity contribution in [1.82, 2.24) is 0 Å². The summed E-state index contributed by atoms with van der Waals surface area (Å²) in [7, 11) is 0. The zero-order valence-corrected chi connectivity index (χ0v) is 7.09. The molecule has 1 fully saturated rings. The highest BCUT2D eigenvalue weighted by atomic mass is 16.5. The Morgan fingerprint density at radius 2 is 2.45 bits per heavy atom. The van der Waals surface area contributed by atoms with E-state index < -0.39 is 0 Å². The second-order valence-electron chi connectivity index (χ2n) is 3.05. The molecule has 1 heterocycles. The molecule has 1 saturated heterocycles. The third-order valence-corrected chi connectivity index (χ3v) is 1.78. The molecule has 2 nitrogen and oxygen atoms in total. The molecule has 11 heavy (non-hydrogen) atoms. The van der Waals surface area contributed by atoms with Gasteiger partial charge in [-0.2, -0.15) is 0 Å². The summed E-state index contributed by atoms with van der Waals surface area (Å²) in [4.78, 5) is 10.7. The third kappa shape index (κ3) is 2.85. The van der Waals surface area contributed by atoms with Crippen molar-refractivity contribution in [1.29, 1.82) is 0 Å². The largest absolute Gasteiger partial charge is 0.378 e. The molecule has 0 saturated carbocycles. The van der Waals surface area contributed by atoms with Crippen molar-refractivity contribution < 1.29 is 9.53 Å². The first-order chi connectivity index (χ1) is 5.18. The van der Waals surface area contributed by atoms with Gasteiger partial charge in [-0.05, 0) is 32.8 Å². The minimum atomic E-state index is 0.147. The van der Waals surface area contributed by atoms with Crippen LogP contribution in [0.4, 0.5) is 0 Å². The van der Waals surface area contributed by atoms with E-state index in [-0.39, 0.29) is 11.9 Å². The Kier molecular flexibility index (Phi) is 2.83. The van der Waals surface area contributed by atoms with Crippen LogP contribution in [0.1, 0.15) is 26.7 Å². The summed E-state index contributed by atoms with van der Waals surface area (Å²) in [5.74, 6) is 0.147. The van der Waals surface area contributed by atoms with Gasteiger partial charge in [0, 0.05) is 0 Å². The van der Waals surface area contributed by atoms with Crippen LogP contribution in [0.15, 0.2) is 11.6 Å². The van der Waals surface area contributed by atoms with Crippen molar-refractivity contribution in [2.24, 2.45) is 0 Å². The fourth-order valence-electron chi connectivity index (χ4n) is 1.34. The molecular formula is C9H14O2. The molecule has 0 aromatic carbocycles. The van der Waals surface area contributed by atoms with Crippen LogP contribution < -0.4 is 0 Å². The van der Waals surface area contributed by atoms with Gasteiger partial charge in [0.05, 0.1) is 12.7 Å². The maximum Gasteiger partial charge on any atom is 0.152 e. The van der Waals surface area contributed by atoms with Crippen LogP contribution >= 0.6 is 0 Å². The summed E-state index contributed by atoms with van der Waals surface area (Å²) in [6.45, 7) is 4.39. The van der Waals surface area contributed by atoms with Crippen molar-refractivity contribution in [3.8, 4) is 0 Å². The minimum Gasteiger partial charge on any atom is -0.378 e. The average Bonchev–Trinajstić information content (AvgIpc) is 1.85. The molecule has 2 heteroatoms. The number of allylic oxidation sites excluding steroid dienone is 1. The van der Waals surface area contributed by atoms with Crippen LogP contribution in [0, 0.1) is 0 Å². The van der Waals surface area contributed by atoms with Gasteiger partial charge in [0.1, 0.15) is 0 Å². The SMILES string of the molecule is CC(=O)C=C1CCOC(C)C1. The van der Waals surface area contributed by atoms with Crippen molar-refractivity contribution in [3.05, 3.63) is 11.6 Å². The van der Waals surface area contributed by atoms with Gasteiger partial charge in [0.25, 0.3) is 0 Å². The predicted molar refractivity (Wildman–Crippen MR) is 43.4 cm³/mol. The Balaban J connectivity index is 2.52. The lowest BCUT2D eigenvalue weighted by atomic mass is 10.0. The van der Waals surface area contributed by atoms with Crippen LogP contribution in [0.3, 0.4) is 0 Å². The third-order valence-electron chi connectivity index (χ3n) is 1.78. The van der Waals surface area contributed by atoms with E-state index in [9.17, 15) is 4.79 Å². The van der Waals surface area contributed by atoms with E-state index >= 15 is 0 Å². The smallest absolute Gasteiger partial charge is 0.152 e. The maximum absolute atomic E-state index is 10.7. The second-order valence-corrected chi connectivity index (χ2v) is 3.05. The summed E-state index contributed by atoms with van der Waals surface area (Å²) >= 11 is 0. The van der Waals surface area contributed by atoms with Crippen LogP contribution in [-0.4, -0.2) is 18.5 Å². The van der Waals surface area contributed by atoms with E-state index in [4.69, 9.17) is 4.74 Å². The molecule has 0 spiro atoms. The van der Waals surface area contributed by atoms with Gasteiger partial charge >= 0.3 is 0 Å². The van der Waals surface area contributed by atoms with E-state index in [0.29, 0.717) is 0 Å². The molecule has 0 aliphatic carbocycles. The molecule has 1 rings (SSSR count). The molecule has 1 aliphatic rings. The van der Waals surface area contributed by atoms with Crippen molar-refractivity contribution in [3.63, 3.8) is 0 Å². The Labute approximate surface area is 67.2 Å². The molecular weight excluding hydrogens is 140 g/mol. The monoisotopic (exact) mass is 154 g/mol. The maximum atomic E-state index is 10.7. The average molecular weight is 154 g/mol. The molecule has 0 radical (unpaired) electrons. The van der Waals surface area contributed by atoms with Crippen LogP contribution in [-0.2, 0) is 9.53 Å². The molecule has 1 atom stereocenters. The number of carbonyl (C=O) groups excluding carboxylic acids is 1. The molecule has 0 bridgehead atoms. The van der Waals surface area contributed by atoms with E-state index in [0.717, 1.165) is 19.4 Å². The van der Waals surface area contributed by atoms with Crippen molar-refractivity contribution in [2.45, 2.75) is 32.8 Å². The number of ketones is 1. The summed E-state index contributed by atoms with van der Waals surface area (Å²) < 4.78 is 5.34. The molecule has 62 valence electrons. The number of hydrogen-bond acceptors (Lipinski definition) is 2. The summed E-state index contributed by atoms with van der Waals surface area (Å²) in [6.07, 6.45) is 3.86. The zero-order chi connectivity index (χ0) is 8.27. The van der Waals surface area contributed by atoms with Crippen molar-refractivity contribution in [2.75, 3.05) is 6.61 Å². The lowest BCUT2D eigenvalue weighted by molar-refractivity contribution is -0.112. The fraction of sp³-hybridized carbons (Fsp3) is 0.667. The van der Waals surface area contributed by atoms with Crippen LogP contribution in [0.2, 0.25) is 0 Å². The first kappa shape index (κ1) is 8.47. The van der Waals surface area contributed by atoms with Gasteiger partial charge < -0.3 is 4.74 Å². The lowest BCUT2D eigenvalue weighted by Crippen LogP contribution is -2.17. The highest BCUT2D eigenvalue weighted by molar-refractivity contribution is 5.87. The normalized spacial score (nSPS) is 28.9. The van der Waals surface area contributed by atoms with Crippen LogP contribution in [0.5, 0.6) is 0 Å². The summed E-state index contributed by atoms with van der Waals surface area (Å²) in [5, 5.41) is 0. The number of carbonyl (C=O) groups is 1.